The van der Waals surface area contributed by atoms with E-state index >= 15 is 0 Å². The van der Waals surface area contributed by atoms with Gasteiger partial charge in [0, 0.05) is 18.1 Å². The number of fused-ring (bicyclic) bond motifs is 3. The zero-order valence-corrected chi connectivity index (χ0v) is 15.2. The lowest BCUT2D eigenvalue weighted by Gasteiger charge is -2.10. The van der Waals surface area contributed by atoms with Gasteiger partial charge in [-0.2, -0.15) is 0 Å². The third kappa shape index (κ3) is 3.12. The number of hydrogen-bond donors (Lipinski definition) is 0. The molecule has 0 fully saturated rings. The second-order valence-corrected chi connectivity index (χ2v) is 8.24. The molecule has 0 radical (unpaired) electrons. The van der Waals surface area contributed by atoms with E-state index < -0.39 is 15.8 Å². The van der Waals surface area contributed by atoms with E-state index in [2.05, 4.69) is 0 Å². The molecule has 0 saturated heterocycles. The fourth-order valence-corrected chi connectivity index (χ4v) is 4.22. The van der Waals surface area contributed by atoms with Gasteiger partial charge in [-0.3, -0.25) is 0 Å². The fourth-order valence-electron chi connectivity index (χ4n) is 2.84. The number of sulfone groups is 1. The normalized spacial score (nSPS) is 12.2. The monoisotopic (exact) mass is 360 g/mol. The summed E-state index contributed by atoms with van der Waals surface area (Å²) in [6, 6.07) is 10.6. The number of benzene rings is 1. The highest BCUT2D eigenvalue weighted by Gasteiger charge is 2.21. The second kappa shape index (κ2) is 6.50. The highest BCUT2D eigenvalue weighted by Crippen LogP contribution is 2.28. The summed E-state index contributed by atoms with van der Waals surface area (Å²) in [7, 11) is 1.59. The van der Waals surface area contributed by atoms with Gasteiger partial charge in [0.2, 0.25) is 0 Å². The number of pyridine rings is 1. The molecular weight excluding hydrogens is 340 g/mol. The number of carbonyl (C=O) groups is 1. The predicted molar refractivity (Wildman–Crippen MR) is 96.8 cm³/mol. The third-order valence-electron chi connectivity index (χ3n) is 4.17. The minimum atomic E-state index is -3.41. The van der Waals surface area contributed by atoms with Crippen LogP contribution in [0.4, 0.5) is 0 Å². The highest BCUT2D eigenvalue weighted by molar-refractivity contribution is 7.91. The Balaban J connectivity index is 2.22. The van der Waals surface area contributed by atoms with Crippen LogP contribution in [0, 0.1) is 0 Å². The Morgan fingerprint density at radius 2 is 1.84 bits per heavy atom. The third-order valence-corrected chi connectivity index (χ3v) is 5.85. The van der Waals surface area contributed by atoms with Crippen molar-refractivity contribution in [1.82, 2.24) is 9.30 Å². The van der Waals surface area contributed by atoms with E-state index in [0.29, 0.717) is 17.6 Å². The van der Waals surface area contributed by atoms with Crippen LogP contribution in [0.2, 0.25) is 0 Å². The molecule has 0 saturated carbocycles. The van der Waals surface area contributed by atoms with Crippen molar-refractivity contribution in [2.24, 2.45) is 0 Å². The minimum absolute atomic E-state index is 0.0363. The molecule has 0 aliphatic rings. The van der Waals surface area contributed by atoms with Crippen molar-refractivity contribution in [1.29, 1.82) is 0 Å². The highest BCUT2D eigenvalue weighted by atomic mass is 32.2. The lowest BCUT2D eigenvalue weighted by atomic mass is 10.1. The van der Waals surface area contributed by atoms with Gasteiger partial charge in [0.25, 0.3) is 0 Å². The van der Waals surface area contributed by atoms with E-state index in [1.807, 2.05) is 43.3 Å². The maximum Gasteiger partial charge on any atom is 0.340 e. The van der Waals surface area contributed by atoms with E-state index in [1.54, 1.807) is 22.7 Å². The number of esters is 1. The molecule has 2 heterocycles. The Bertz CT molecular complexity index is 1050. The predicted octanol–water partition coefficient (Wildman–Crippen LogP) is 2.21. The Kier molecular flexibility index (Phi) is 4.53. The second-order valence-electron chi connectivity index (χ2n) is 6.13. The number of rotatable bonds is 5. The van der Waals surface area contributed by atoms with Crippen LogP contribution in [0.3, 0.4) is 0 Å². The maximum atomic E-state index is 12.6. The lowest BCUT2D eigenvalue weighted by molar-refractivity contribution is 0.0605. The molecule has 0 unspecified atom stereocenters. The topological polar surface area (TPSA) is 68.1 Å². The van der Waals surface area contributed by atoms with Crippen molar-refractivity contribution >= 4 is 32.2 Å². The largest absolute Gasteiger partial charge is 0.465 e. The number of nitrogens with zero attached hydrogens (tertiary/aromatic N) is 2. The van der Waals surface area contributed by atoms with Crippen LogP contribution in [-0.2, 0) is 14.6 Å². The molecule has 3 rings (SSSR count). The maximum absolute atomic E-state index is 12.6. The van der Waals surface area contributed by atoms with E-state index in [4.69, 9.17) is 4.74 Å². The van der Waals surface area contributed by atoms with E-state index in [1.165, 1.54) is 7.11 Å². The summed E-state index contributed by atoms with van der Waals surface area (Å²) in [6.45, 7) is 0.445. The first-order valence-corrected chi connectivity index (χ1v) is 9.49. The molecule has 0 aliphatic carbocycles. The van der Waals surface area contributed by atoms with Gasteiger partial charge in [-0.05, 0) is 32.3 Å². The molecule has 7 heteroatoms. The molecule has 0 N–H and O–H groups in total. The van der Waals surface area contributed by atoms with Crippen molar-refractivity contribution in [3.8, 4) is 0 Å². The van der Waals surface area contributed by atoms with Gasteiger partial charge in [-0.25, -0.2) is 13.2 Å². The summed E-state index contributed by atoms with van der Waals surface area (Å²) in [5, 5.41) is 0.734. The molecule has 25 heavy (non-hydrogen) atoms. The molecule has 0 aliphatic heterocycles. The average Bonchev–Trinajstić information content (AvgIpc) is 2.93. The van der Waals surface area contributed by atoms with Crippen molar-refractivity contribution < 1.29 is 17.9 Å². The standard InChI is InChI=1S/C18H20N2O4S/c1-19(2)10-11-25(22,23)13-8-9-16-17(18(21)24-3)14-6-4-5-7-15(14)20(16)12-13/h4-9,12H,10-11H2,1-3H3. The smallest absolute Gasteiger partial charge is 0.340 e. The van der Waals surface area contributed by atoms with Gasteiger partial charge in [0.15, 0.2) is 9.84 Å². The number of aromatic nitrogens is 1. The minimum Gasteiger partial charge on any atom is -0.465 e. The van der Waals surface area contributed by atoms with Gasteiger partial charge >= 0.3 is 5.97 Å². The zero-order valence-electron chi connectivity index (χ0n) is 14.4. The first kappa shape index (κ1) is 17.4. The van der Waals surface area contributed by atoms with Crippen LogP contribution in [0.1, 0.15) is 10.4 Å². The molecule has 0 atom stereocenters. The summed E-state index contributed by atoms with van der Waals surface area (Å²) >= 11 is 0. The van der Waals surface area contributed by atoms with Crippen LogP contribution in [0.5, 0.6) is 0 Å². The van der Waals surface area contributed by atoms with Crippen molar-refractivity contribution in [3.05, 3.63) is 48.2 Å². The van der Waals surface area contributed by atoms with E-state index in [9.17, 15) is 13.2 Å². The molecular formula is C18H20N2O4S. The van der Waals surface area contributed by atoms with Crippen LogP contribution < -0.4 is 0 Å². The summed E-state index contributed by atoms with van der Waals surface area (Å²) in [5.41, 5.74) is 1.83. The average molecular weight is 360 g/mol. The molecule has 3 aromatic rings. The number of hydrogen-bond acceptors (Lipinski definition) is 5. The first-order valence-electron chi connectivity index (χ1n) is 7.84. The molecule has 0 spiro atoms. The van der Waals surface area contributed by atoms with Crippen molar-refractivity contribution in [2.45, 2.75) is 4.90 Å². The first-order chi connectivity index (χ1) is 11.8. The van der Waals surface area contributed by atoms with E-state index in [-0.39, 0.29) is 10.6 Å². The van der Waals surface area contributed by atoms with Gasteiger partial charge < -0.3 is 14.0 Å². The molecule has 1 aromatic carbocycles. The van der Waals surface area contributed by atoms with Crippen molar-refractivity contribution in [2.75, 3.05) is 33.5 Å². The summed E-state index contributed by atoms with van der Waals surface area (Å²) in [5.74, 6) is -0.406. The molecule has 132 valence electrons. The molecule has 0 amide bonds. The Hall–Kier alpha value is -2.38. The van der Waals surface area contributed by atoms with E-state index in [0.717, 1.165) is 10.9 Å². The SMILES string of the molecule is COC(=O)c1c2ccccc2n2cc(S(=O)(=O)CCN(C)C)ccc12. The van der Waals surface area contributed by atoms with Gasteiger partial charge in [-0.15, -0.1) is 0 Å². The number of para-hydroxylation sites is 1. The summed E-state index contributed by atoms with van der Waals surface area (Å²) in [4.78, 5) is 14.3. The summed E-state index contributed by atoms with van der Waals surface area (Å²) in [6.07, 6.45) is 1.58. The van der Waals surface area contributed by atoms with Crippen molar-refractivity contribution in [3.63, 3.8) is 0 Å². The van der Waals surface area contributed by atoms with Gasteiger partial charge in [0.05, 0.1) is 34.4 Å². The van der Waals surface area contributed by atoms with Crippen LogP contribution in [0.15, 0.2) is 47.5 Å². The van der Waals surface area contributed by atoms with Crippen LogP contribution >= 0.6 is 0 Å². The van der Waals surface area contributed by atoms with Gasteiger partial charge in [0.1, 0.15) is 0 Å². The number of methoxy groups -OCH3 is 1. The van der Waals surface area contributed by atoms with Crippen LogP contribution in [-0.4, -0.2) is 57.2 Å². The fraction of sp³-hybridized carbons (Fsp3) is 0.278. The number of ether oxygens (including phenoxy) is 1. The molecule has 6 nitrogen and oxygen atoms in total. The zero-order chi connectivity index (χ0) is 18.2. The quantitative estimate of drug-likeness (QED) is 0.653. The lowest BCUT2D eigenvalue weighted by Crippen LogP contribution is -2.22. The molecule has 0 bridgehead atoms. The summed E-state index contributed by atoms with van der Waals surface area (Å²) < 4.78 is 31.8. The van der Waals surface area contributed by atoms with Crippen LogP contribution in [0.25, 0.3) is 16.4 Å². The Labute approximate surface area is 146 Å². The molecule has 2 aromatic heterocycles. The Morgan fingerprint density at radius 1 is 1.12 bits per heavy atom. The van der Waals surface area contributed by atoms with Gasteiger partial charge in [-0.1, -0.05) is 18.2 Å². The number of carbonyl (C=O) groups excluding carboxylic acids is 1. The Morgan fingerprint density at radius 3 is 2.52 bits per heavy atom.